The molecule has 7 heteroatoms. The molecule has 4 rings (SSSR count). The van der Waals surface area contributed by atoms with Crippen LogP contribution in [0.1, 0.15) is 32.9 Å². The van der Waals surface area contributed by atoms with Crippen molar-refractivity contribution in [2.45, 2.75) is 6.54 Å². The number of hydrogen-bond donors (Lipinski definition) is 2. The average Bonchev–Trinajstić information content (AvgIpc) is 3.29. The lowest BCUT2D eigenvalue weighted by atomic mass is 10.1. The Kier molecular flexibility index (Phi) is 7.51. The van der Waals surface area contributed by atoms with Crippen LogP contribution in [0.4, 0.5) is 0 Å². The van der Waals surface area contributed by atoms with Crippen molar-refractivity contribution in [3.8, 4) is 23.0 Å². The second kappa shape index (κ2) is 11.1. The van der Waals surface area contributed by atoms with Crippen molar-refractivity contribution in [1.82, 2.24) is 9.78 Å². The largest absolute Gasteiger partial charge is 0.504 e. The van der Waals surface area contributed by atoms with Crippen molar-refractivity contribution in [2.24, 2.45) is 0 Å². The second-order valence-corrected chi connectivity index (χ2v) is 7.97. The number of Topliss-reactive ketones (excluding diaryl/α,β-unsaturated/α-hetero) is 1. The molecule has 0 aliphatic heterocycles. The van der Waals surface area contributed by atoms with Gasteiger partial charge in [0.15, 0.2) is 28.8 Å². The van der Waals surface area contributed by atoms with Crippen LogP contribution in [0.15, 0.2) is 72.8 Å². The normalized spacial score (nSPS) is 11.3. The van der Waals surface area contributed by atoms with E-state index >= 15 is 0 Å². The third-order valence-corrected chi connectivity index (χ3v) is 5.52. The van der Waals surface area contributed by atoms with Gasteiger partial charge in [0.05, 0.1) is 25.6 Å². The summed E-state index contributed by atoms with van der Waals surface area (Å²) in [4.78, 5) is 12.9. The molecule has 3 aromatic carbocycles. The topological polar surface area (TPSA) is 93.8 Å². The molecular formula is C29H26N2O5. The number of aromatic hydroxyl groups is 2. The van der Waals surface area contributed by atoms with Crippen LogP contribution < -0.4 is 9.47 Å². The van der Waals surface area contributed by atoms with Gasteiger partial charge in [-0.25, -0.2) is 0 Å². The Morgan fingerprint density at radius 1 is 0.806 bits per heavy atom. The van der Waals surface area contributed by atoms with Crippen molar-refractivity contribution in [2.75, 3.05) is 14.2 Å². The smallest absolute Gasteiger partial charge is 0.184 e. The van der Waals surface area contributed by atoms with Crippen molar-refractivity contribution in [3.63, 3.8) is 0 Å². The maximum Gasteiger partial charge on any atom is 0.184 e. The number of rotatable bonds is 9. The molecule has 0 saturated carbocycles. The van der Waals surface area contributed by atoms with E-state index in [-0.39, 0.29) is 23.8 Å². The summed E-state index contributed by atoms with van der Waals surface area (Å²) < 4.78 is 12.0. The van der Waals surface area contributed by atoms with Gasteiger partial charge < -0.3 is 19.7 Å². The van der Waals surface area contributed by atoms with Gasteiger partial charge in [0, 0.05) is 5.56 Å². The van der Waals surface area contributed by atoms with Crippen molar-refractivity contribution in [3.05, 3.63) is 101 Å². The van der Waals surface area contributed by atoms with E-state index in [9.17, 15) is 15.0 Å². The first kappa shape index (κ1) is 24.3. The van der Waals surface area contributed by atoms with E-state index in [1.165, 1.54) is 14.2 Å². The molecule has 0 atom stereocenters. The first-order chi connectivity index (χ1) is 17.5. The fourth-order valence-corrected chi connectivity index (χ4v) is 3.60. The molecular weight excluding hydrogens is 456 g/mol. The summed E-state index contributed by atoms with van der Waals surface area (Å²) in [5.41, 5.74) is 3.65. The van der Waals surface area contributed by atoms with Crippen molar-refractivity contribution >= 4 is 30.1 Å². The van der Waals surface area contributed by atoms with Gasteiger partial charge in [-0.1, -0.05) is 54.6 Å². The quantitative estimate of drug-likeness (QED) is 0.305. The first-order valence-electron chi connectivity index (χ1n) is 11.2. The highest BCUT2D eigenvalue weighted by Gasteiger charge is 2.11. The minimum atomic E-state index is -0.0570. The maximum atomic E-state index is 12.9. The lowest BCUT2D eigenvalue weighted by Gasteiger charge is -2.05. The van der Waals surface area contributed by atoms with Gasteiger partial charge >= 0.3 is 0 Å². The number of ketones is 1. The number of nitrogens with zero attached hydrogens (tertiary/aromatic N) is 2. The van der Waals surface area contributed by atoms with E-state index in [4.69, 9.17) is 9.47 Å². The maximum absolute atomic E-state index is 12.9. The van der Waals surface area contributed by atoms with E-state index in [1.54, 1.807) is 53.2 Å². The predicted molar refractivity (Wildman–Crippen MR) is 140 cm³/mol. The third kappa shape index (κ3) is 5.82. The van der Waals surface area contributed by atoms with Gasteiger partial charge in [-0.3, -0.25) is 9.48 Å². The summed E-state index contributed by atoms with van der Waals surface area (Å²) in [7, 11) is 2.99. The van der Waals surface area contributed by atoms with E-state index in [0.29, 0.717) is 22.8 Å². The molecule has 0 radical (unpaired) electrons. The number of methoxy groups -OCH3 is 2. The number of aromatic nitrogens is 2. The lowest BCUT2D eigenvalue weighted by molar-refractivity contribution is 0.0967. The number of hydrogen-bond acceptors (Lipinski definition) is 6. The van der Waals surface area contributed by atoms with E-state index in [0.717, 1.165) is 16.8 Å². The standard InChI is InChI=1S/C29H26N2O5/c1-35-28-16-20(10-14-25(28)32)8-12-23-18-24(13-9-21-11-15-26(33)29(17-21)36-2)31(30-23)19-27(34)22-6-4-3-5-7-22/h3-18,32-33H,19H2,1-2H3. The Morgan fingerprint density at radius 2 is 1.39 bits per heavy atom. The van der Waals surface area contributed by atoms with Crippen LogP contribution in [0.5, 0.6) is 23.0 Å². The molecule has 7 nitrogen and oxygen atoms in total. The number of carbonyl (C=O) groups is 1. The predicted octanol–water partition coefficient (Wildman–Crippen LogP) is 5.54. The van der Waals surface area contributed by atoms with Crippen LogP contribution in [0.3, 0.4) is 0 Å². The Bertz CT molecular complexity index is 1420. The number of phenols is 2. The van der Waals surface area contributed by atoms with Crippen LogP contribution in [0, 0.1) is 0 Å². The lowest BCUT2D eigenvalue weighted by Crippen LogP contribution is -2.13. The summed E-state index contributed by atoms with van der Waals surface area (Å²) in [6, 6.07) is 21.1. The highest BCUT2D eigenvalue weighted by Crippen LogP contribution is 2.28. The second-order valence-electron chi connectivity index (χ2n) is 7.97. The van der Waals surface area contributed by atoms with Crippen LogP contribution >= 0.6 is 0 Å². The number of benzene rings is 3. The molecule has 36 heavy (non-hydrogen) atoms. The number of carbonyl (C=O) groups excluding carboxylic acids is 1. The Morgan fingerprint density at radius 3 is 1.97 bits per heavy atom. The van der Waals surface area contributed by atoms with Crippen LogP contribution in [0.25, 0.3) is 24.3 Å². The number of phenolic OH excluding ortho intramolecular Hbond substituents is 2. The van der Waals surface area contributed by atoms with Crippen molar-refractivity contribution in [1.29, 1.82) is 0 Å². The minimum Gasteiger partial charge on any atom is -0.504 e. The highest BCUT2D eigenvalue weighted by atomic mass is 16.5. The fourth-order valence-electron chi connectivity index (χ4n) is 3.60. The molecule has 1 heterocycles. The Balaban J connectivity index is 1.64. The van der Waals surface area contributed by atoms with Crippen LogP contribution in [-0.4, -0.2) is 40.0 Å². The Hall–Kier alpha value is -4.78. The molecule has 0 unspecified atom stereocenters. The molecule has 182 valence electrons. The molecule has 4 aromatic rings. The van der Waals surface area contributed by atoms with Crippen molar-refractivity contribution < 1.29 is 24.5 Å². The van der Waals surface area contributed by atoms with Gasteiger partial charge in [0.1, 0.15) is 6.54 Å². The SMILES string of the molecule is COc1cc(C=Cc2cc(C=Cc3ccc(O)c(OC)c3)n(CC(=O)c3ccccc3)n2)ccc1O. The molecule has 0 spiro atoms. The van der Waals surface area contributed by atoms with Crippen LogP contribution in [0.2, 0.25) is 0 Å². The van der Waals surface area contributed by atoms with Gasteiger partial charge in [-0.15, -0.1) is 0 Å². The van der Waals surface area contributed by atoms with Gasteiger partial charge in [0.2, 0.25) is 0 Å². The summed E-state index contributed by atoms with van der Waals surface area (Å²) in [5, 5.41) is 24.3. The summed E-state index contributed by atoms with van der Waals surface area (Å²) >= 11 is 0. The number of ether oxygens (including phenoxy) is 2. The van der Waals surface area contributed by atoms with Gasteiger partial charge in [-0.2, -0.15) is 5.10 Å². The van der Waals surface area contributed by atoms with E-state index < -0.39 is 0 Å². The zero-order valence-corrected chi connectivity index (χ0v) is 20.0. The zero-order chi connectivity index (χ0) is 25.5. The minimum absolute atomic E-state index is 0.0570. The molecule has 2 N–H and O–H groups in total. The molecule has 0 fully saturated rings. The highest BCUT2D eigenvalue weighted by molar-refractivity contribution is 5.96. The molecule has 0 saturated heterocycles. The summed E-state index contributed by atoms with van der Waals surface area (Å²) in [6.07, 6.45) is 7.40. The third-order valence-electron chi connectivity index (χ3n) is 5.52. The fraction of sp³-hybridized carbons (Fsp3) is 0.103. The average molecular weight is 483 g/mol. The molecule has 0 aliphatic rings. The first-order valence-corrected chi connectivity index (χ1v) is 11.2. The summed E-state index contributed by atoms with van der Waals surface area (Å²) in [6.45, 7) is 0.0729. The van der Waals surface area contributed by atoms with Gasteiger partial charge in [0.25, 0.3) is 0 Å². The summed E-state index contributed by atoms with van der Waals surface area (Å²) in [5.74, 6) is 0.823. The molecule has 0 aliphatic carbocycles. The van der Waals surface area contributed by atoms with E-state index in [2.05, 4.69) is 5.10 Å². The molecule has 0 amide bonds. The zero-order valence-electron chi connectivity index (χ0n) is 20.0. The monoisotopic (exact) mass is 482 g/mol. The molecule has 0 bridgehead atoms. The van der Waals surface area contributed by atoms with Gasteiger partial charge in [-0.05, 0) is 53.6 Å². The van der Waals surface area contributed by atoms with E-state index in [1.807, 2.05) is 48.6 Å². The molecule has 1 aromatic heterocycles. The van der Waals surface area contributed by atoms with Crippen LogP contribution in [-0.2, 0) is 6.54 Å². The Labute approximate surface area is 209 Å².